The van der Waals surface area contributed by atoms with E-state index in [1.807, 2.05) is 0 Å². The van der Waals surface area contributed by atoms with E-state index in [1.165, 1.54) is 19.8 Å². The van der Waals surface area contributed by atoms with E-state index in [9.17, 15) is 4.79 Å². The van der Waals surface area contributed by atoms with Crippen LogP contribution in [0.1, 0.15) is 52.4 Å². The quantitative estimate of drug-likeness (QED) is 0.336. The van der Waals surface area contributed by atoms with Gasteiger partial charge in [-0.3, -0.25) is 4.79 Å². The summed E-state index contributed by atoms with van der Waals surface area (Å²) in [7, 11) is 0. The molecule has 0 N–H and O–H groups in total. The summed E-state index contributed by atoms with van der Waals surface area (Å²) in [4.78, 5) is 10.5. The smallest absolute Gasteiger partial charge is 0.302 e. The molecule has 0 heterocycles. The van der Waals surface area contributed by atoms with Crippen LogP contribution in [0.4, 0.5) is 0 Å². The van der Waals surface area contributed by atoms with Gasteiger partial charge in [0.1, 0.15) is 0 Å². The maximum atomic E-state index is 10.5. The van der Waals surface area contributed by atoms with Gasteiger partial charge >= 0.3 is 5.97 Å². The van der Waals surface area contributed by atoms with E-state index in [4.69, 9.17) is 4.74 Å². The summed E-state index contributed by atoms with van der Waals surface area (Å²) in [6.07, 6.45) is 15.4. The number of carbonyl (C=O) groups is 1. The maximum Gasteiger partial charge on any atom is 0.302 e. The molecule has 0 radical (unpaired) electrons. The molecule has 0 rings (SSSR count). The Morgan fingerprint density at radius 2 is 1.75 bits per heavy atom. The minimum Gasteiger partial charge on any atom is -0.466 e. The minimum absolute atomic E-state index is 0.175. The fourth-order valence-electron chi connectivity index (χ4n) is 1.32. The van der Waals surface area contributed by atoms with Crippen LogP contribution >= 0.6 is 0 Å². The van der Waals surface area contributed by atoms with Gasteiger partial charge in [-0.1, -0.05) is 44.1 Å². The summed E-state index contributed by atoms with van der Waals surface area (Å²) in [6.45, 7) is 4.16. The van der Waals surface area contributed by atoms with Gasteiger partial charge in [-0.25, -0.2) is 0 Å². The van der Waals surface area contributed by atoms with Crippen molar-refractivity contribution < 1.29 is 9.53 Å². The Labute approximate surface area is 99.4 Å². The van der Waals surface area contributed by atoms with Crippen LogP contribution in [-0.2, 0) is 9.53 Å². The molecule has 2 heteroatoms. The van der Waals surface area contributed by atoms with Crippen molar-refractivity contribution in [1.82, 2.24) is 0 Å². The maximum absolute atomic E-state index is 10.5. The average molecular weight is 224 g/mol. The van der Waals surface area contributed by atoms with Crippen molar-refractivity contribution in [2.75, 3.05) is 6.61 Å². The standard InChI is InChI=1S/C14H24O2/c1-3-4-5-6-7-8-9-10-11-12-13-16-14(2)15/h4-7H,3,8-13H2,1-2H3. The Morgan fingerprint density at radius 1 is 1.06 bits per heavy atom. The van der Waals surface area contributed by atoms with Crippen LogP contribution in [-0.4, -0.2) is 12.6 Å². The second kappa shape index (κ2) is 12.0. The molecule has 0 unspecified atom stereocenters. The minimum atomic E-state index is -0.175. The number of rotatable bonds is 9. The van der Waals surface area contributed by atoms with Crippen LogP contribution in [0.15, 0.2) is 24.3 Å². The fourth-order valence-corrected chi connectivity index (χ4v) is 1.32. The average Bonchev–Trinajstić information content (AvgIpc) is 2.25. The molecule has 0 aromatic carbocycles. The number of hydrogen-bond donors (Lipinski definition) is 0. The van der Waals surface area contributed by atoms with Gasteiger partial charge in [-0.15, -0.1) is 0 Å². The lowest BCUT2D eigenvalue weighted by Gasteiger charge is -2.00. The first-order valence-electron chi connectivity index (χ1n) is 6.22. The Kier molecular flexibility index (Phi) is 11.2. The lowest BCUT2D eigenvalue weighted by Crippen LogP contribution is -1.99. The van der Waals surface area contributed by atoms with Crippen molar-refractivity contribution in [2.45, 2.75) is 52.4 Å². The van der Waals surface area contributed by atoms with Gasteiger partial charge < -0.3 is 4.74 Å². The van der Waals surface area contributed by atoms with E-state index >= 15 is 0 Å². The van der Waals surface area contributed by atoms with Gasteiger partial charge in [-0.05, 0) is 25.7 Å². The van der Waals surface area contributed by atoms with Crippen molar-refractivity contribution in [3.8, 4) is 0 Å². The lowest BCUT2D eigenvalue weighted by atomic mass is 10.1. The number of carbonyl (C=O) groups excluding carboxylic acids is 1. The number of hydrogen-bond acceptors (Lipinski definition) is 2. The summed E-state index contributed by atoms with van der Waals surface area (Å²) < 4.78 is 4.85. The Balaban J connectivity index is 3.12. The Bertz CT molecular complexity index is 217. The number of esters is 1. The van der Waals surface area contributed by atoms with Crippen LogP contribution in [0.3, 0.4) is 0 Å². The molecule has 0 aliphatic heterocycles. The van der Waals surface area contributed by atoms with Crippen molar-refractivity contribution in [2.24, 2.45) is 0 Å². The van der Waals surface area contributed by atoms with Gasteiger partial charge in [0.15, 0.2) is 0 Å². The van der Waals surface area contributed by atoms with E-state index in [0.29, 0.717) is 6.61 Å². The highest BCUT2D eigenvalue weighted by molar-refractivity contribution is 5.65. The second-order valence-electron chi connectivity index (χ2n) is 3.81. The molecule has 0 aliphatic carbocycles. The summed E-state index contributed by atoms with van der Waals surface area (Å²) >= 11 is 0. The van der Waals surface area contributed by atoms with Crippen LogP contribution in [0.25, 0.3) is 0 Å². The van der Waals surface area contributed by atoms with Crippen molar-refractivity contribution in [3.63, 3.8) is 0 Å². The number of allylic oxidation sites excluding steroid dienone is 4. The van der Waals surface area contributed by atoms with Gasteiger partial charge in [0.2, 0.25) is 0 Å². The monoisotopic (exact) mass is 224 g/mol. The van der Waals surface area contributed by atoms with Crippen molar-refractivity contribution in [1.29, 1.82) is 0 Å². The highest BCUT2D eigenvalue weighted by Crippen LogP contribution is 2.04. The molecule has 0 aromatic heterocycles. The first-order valence-corrected chi connectivity index (χ1v) is 6.22. The normalized spacial score (nSPS) is 11.4. The summed E-state index contributed by atoms with van der Waals surface area (Å²) in [5.41, 5.74) is 0. The topological polar surface area (TPSA) is 26.3 Å². The summed E-state index contributed by atoms with van der Waals surface area (Å²) in [5.74, 6) is -0.175. The molecule has 92 valence electrons. The molecule has 16 heavy (non-hydrogen) atoms. The zero-order chi connectivity index (χ0) is 12.1. The molecule has 0 saturated carbocycles. The molecule has 2 nitrogen and oxygen atoms in total. The lowest BCUT2D eigenvalue weighted by molar-refractivity contribution is -0.141. The predicted octanol–water partition coefficient (Wildman–Crippen LogP) is 4.02. The third-order valence-electron chi connectivity index (χ3n) is 2.19. The van der Waals surface area contributed by atoms with E-state index in [2.05, 4.69) is 31.2 Å². The molecule has 0 spiro atoms. The predicted molar refractivity (Wildman–Crippen MR) is 68.3 cm³/mol. The first kappa shape index (κ1) is 14.9. The van der Waals surface area contributed by atoms with Gasteiger partial charge in [0.25, 0.3) is 0 Å². The molecular formula is C14H24O2. The Morgan fingerprint density at radius 3 is 2.44 bits per heavy atom. The largest absolute Gasteiger partial charge is 0.466 e. The zero-order valence-electron chi connectivity index (χ0n) is 10.6. The molecule has 0 bridgehead atoms. The third-order valence-corrected chi connectivity index (χ3v) is 2.19. The molecule has 0 aromatic rings. The number of ether oxygens (including phenoxy) is 1. The van der Waals surface area contributed by atoms with Crippen LogP contribution in [0.5, 0.6) is 0 Å². The van der Waals surface area contributed by atoms with E-state index in [1.54, 1.807) is 0 Å². The summed E-state index contributed by atoms with van der Waals surface area (Å²) in [5, 5.41) is 0. The highest BCUT2D eigenvalue weighted by atomic mass is 16.5. The molecule has 0 atom stereocenters. The molecule has 0 fully saturated rings. The van der Waals surface area contributed by atoms with E-state index in [0.717, 1.165) is 25.7 Å². The zero-order valence-corrected chi connectivity index (χ0v) is 10.6. The fraction of sp³-hybridized carbons (Fsp3) is 0.643. The van der Waals surface area contributed by atoms with E-state index < -0.39 is 0 Å². The molecular weight excluding hydrogens is 200 g/mol. The van der Waals surface area contributed by atoms with Crippen LogP contribution < -0.4 is 0 Å². The van der Waals surface area contributed by atoms with Crippen molar-refractivity contribution in [3.05, 3.63) is 24.3 Å². The highest BCUT2D eigenvalue weighted by Gasteiger charge is 1.92. The van der Waals surface area contributed by atoms with Crippen molar-refractivity contribution >= 4 is 5.97 Å². The second-order valence-corrected chi connectivity index (χ2v) is 3.81. The Hall–Kier alpha value is -1.05. The number of unbranched alkanes of at least 4 members (excludes halogenated alkanes) is 4. The molecule has 0 saturated heterocycles. The summed E-state index contributed by atoms with van der Waals surface area (Å²) in [6, 6.07) is 0. The molecule has 0 aliphatic rings. The first-order chi connectivity index (χ1) is 7.77. The van der Waals surface area contributed by atoms with Crippen LogP contribution in [0.2, 0.25) is 0 Å². The van der Waals surface area contributed by atoms with Gasteiger partial charge in [-0.2, -0.15) is 0 Å². The SMILES string of the molecule is CCC=CC=CCCCCCCOC(C)=O. The van der Waals surface area contributed by atoms with Gasteiger partial charge in [0.05, 0.1) is 6.61 Å². The van der Waals surface area contributed by atoms with Crippen LogP contribution in [0, 0.1) is 0 Å². The van der Waals surface area contributed by atoms with E-state index in [-0.39, 0.29) is 5.97 Å². The molecule has 0 amide bonds. The third kappa shape index (κ3) is 12.9. The van der Waals surface area contributed by atoms with Gasteiger partial charge in [0, 0.05) is 6.92 Å².